The molecule has 0 amide bonds. The Kier molecular flexibility index (Phi) is 8.16. The zero-order chi connectivity index (χ0) is 19.8. The summed E-state index contributed by atoms with van der Waals surface area (Å²) < 4.78 is 17.5. The highest BCUT2D eigenvalue weighted by Crippen LogP contribution is 2.38. The van der Waals surface area contributed by atoms with Crippen LogP contribution in [0, 0.1) is 0 Å². The molecule has 28 heavy (non-hydrogen) atoms. The summed E-state index contributed by atoms with van der Waals surface area (Å²) >= 11 is 0. The minimum Gasteiger partial charge on any atom is -0.508 e. The second kappa shape index (κ2) is 10.8. The SMILES string of the molecule is CCCc1c(O)ccc2c1OC(CCCCCCOC1CCCCO1)CC2=O. The Balaban J connectivity index is 1.38. The fourth-order valence-electron chi connectivity index (χ4n) is 4.03. The maximum Gasteiger partial charge on any atom is 0.170 e. The largest absolute Gasteiger partial charge is 0.508 e. The van der Waals surface area contributed by atoms with Crippen LogP contribution in [0.2, 0.25) is 0 Å². The van der Waals surface area contributed by atoms with E-state index in [2.05, 4.69) is 6.92 Å². The van der Waals surface area contributed by atoms with Crippen LogP contribution in [0.25, 0.3) is 0 Å². The number of ether oxygens (including phenoxy) is 3. The molecule has 156 valence electrons. The number of rotatable bonds is 10. The summed E-state index contributed by atoms with van der Waals surface area (Å²) in [5, 5.41) is 10.1. The average Bonchev–Trinajstić information content (AvgIpc) is 2.70. The molecular weight excluding hydrogens is 356 g/mol. The lowest BCUT2D eigenvalue weighted by atomic mass is 9.93. The second-order valence-corrected chi connectivity index (χ2v) is 7.93. The molecule has 2 atom stereocenters. The van der Waals surface area contributed by atoms with Crippen molar-refractivity contribution in [3.8, 4) is 11.5 Å². The number of carbonyl (C=O) groups excluding carboxylic acids is 1. The third kappa shape index (κ3) is 5.71. The van der Waals surface area contributed by atoms with Crippen molar-refractivity contribution in [2.45, 2.75) is 89.9 Å². The summed E-state index contributed by atoms with van der Waals surface area (Å²) in [6.07, 6.45) is 10.5. The van der Waals surface area contributed by atoms with Gasteiger partial charge in [0, 0.05) is 25.2 Å². The van der Waals surface area contributed by atoms with Crippen LogP contribution in [-0.2, 0) is 15.9 Å². The molecule has 2 aliphatic rings. The summed E-state index contributed by atoms with van der Waals surface area (Å²) in [7, 11) is 0. The van der Waals surface area contributed by atoms with Crippen LogP contribution >= 0.6 is 0 Å². The molecule has 3 rings (SSSR count). The van der Waals surface area contributed by atoms with Gasteiger partial charge in [0.15, 0.2) is 12.1 Å². The van der Waals surface area contributed by atoms with E-state index in [9.17, 15) is 9.90 Å². The van der Waals surface area contributed by atoms with E-state index in [1.54, 1.807) is 12.1 Å². The zero-order valence-electron chi connectivity index (χ0n) is 17.1. The number of phenolic OH excluding ortho intramolecular Hbond substituents is 1. The van der Waals surface area contributed by atoms with E-state index in [1.807, 2.05) is 0 Å². The van der Waals surface area contributed by atoms with E-state index in [0.717, 1.165) is 76.6 Å². The van der Waals surface area contributed by atoms with Gasteiger partial charge in [-0.3, -0.25) is 4.79 Å². The van der Waals surface area contributed by atoms with E-state index < -0.39 is 0 Å². The topological polar surface area (TPSA) is 65.0 Å². The zero-order valence-corrected chi connectivity index (χ0v) is 17.1. The van der Waals surface area contributed by atoms with Crippen LogP contribution < -0.4 is 4.74 Å². The van der Waals surface area contributed by atoms with E-state index in [1.165, 1.54) is 6.42 Å². The van der Waals surface area contributed by atoms with Crippen LogP contribution in [-0.4, -0.2) is 36.5 Å². The molecule has 0 radical (unpaired) electrons. The molecule has 0 aromatic heterocycles. The van der Waals surface area contributed by atoms with Gasteiger partial charge in [-0.25, -0.2) is 0 Å². The number of phenols is 1. The minimum atomic E-state index is -0.0794. The summed E-state index contributed by atoms with van der Waals surface area (Å²) in [5.74, 6) is 0.976. The molecule has 2 unspecified atom stereocenters. The lowest BCUT2D eigenvalue weighted by Crippen LogP contribution is -2.27. The molecular formula is C23H34O5. The molecule has 1 saturated heterocycles. The van der Waals surface area contributed by atoms with Crippen LogP contribution in [0.3, 0.4) is 0 Å². The molecule has 0 bridgehead atoms. The lowest BCUT2D eigenvalue weighted by molar-refractivity contribution is -0.162. The number of carbonyl (C=O) groups is 1. The Morgan fingerprint density at radius 2 is 2.04 bits per heavy atom. The number of ketones is 1. The van der Waals surface area contributed by atoms with Gasteiger partial charge in [-0.2, -0.15) is 0 Å². The number of Topliss-reactive ketones (excluding diaryl/α,β-unsaturated/α-hetero) is 1. The predicted molar refractivity (Wildman–Crippen MR) is 108 cm³/mol. The van der Waals surface area contributed by atoms with Crippen molar-refractivity contribution >= 4 is 5.78 Å². The Morgan fingerprint density at radius 1 is 1.18 bits per heavy atom. The van der Waals surface area contributed by atoms with Gasteiger partial charge in [0.25, 0.3) is 0 Å². The van der Waals surface area contributed by atoms with Crippen molar-refractivity contribution in [3.63, 3.8) is 0 Å². The Morgan fingerprint density at radius 3 is 2.82 bits per heavy atom. The van der Waals surface area contributed by atoms with Crippen molar-refractivity contribution in [3.05, 3.63) is 23.3 Å². The first-order valence-electron chi connectivity index (χ1n) is 11.0. The summed E-state index contributed by atoms with van der Waals surface area (Å²) in [4.78, 5) is 12.5. The normalized spacial score (nSPS) is 22.0. The van der Waals surface area contributed by atoms with Crippen molar-refractivity contribution in [1.82, 2.24) is 0 Å². The predicted octanol–water partition coefficient (Wildman–Crippen LogP) is 5.17. The third-order valence-corrected chi connectivity index (χ3v) is 5.60. The van der Waals surface area contributed by atoms with Crippen molar-refractivity contribution in [2.24, 2.45) is 0 Å². The van der Waals surface area contributed by atoms with Gasteiger partial charge in [-0.05, 0) is 57.1 Å². The van der Waals surface area contributed by atoms with Crippen molar-refractivity contribution in [1.29, 1.82) is 0 Å². The first-order chi connectivity index (χ1) is 13.7. The Labute approximate surface area is 168 Å². The highest BCUT2D eigenvalue weighted by atomic mass is 16.7. The van der Waals surface area contributed by atoms with Gasteiger partial charge in [-0.15, -0.1) is 0 Å². The van der Waals surface area contributed by atoms with Gasteiger partial charge in [-0.1, -0.05) is 26.2 Å². The minimum absolute atomic E-state index is 0.00389. The molecule has 1 fully saturated rings. The number of fused-ring (bicyclic) bond motifs is 1. The van der Waals surface area contributed by atoms with Gasteiger partial charge in [0.05, 0.1) is 5.56 Å². The monoisotopic (exact) mass is 390 g/mol. The third-order valence-electron chi connectivity index (χ3n) is 5.60. The van der Waals surface area contributed by atoms with Crippen LogP contribution in [0.1, 0.15) is 87.1 Å². The quantitative estimate of drug-likeness (QED) is 0.558. The molecule has 1 aromatic carbocycles. The van der Waals surface area contributed by atoms with Crippen LogP contribution in [0.5, 0.6) is 11.5 Å². The summed E-state index contributed by atoms with van der Waals surface area (Å²) in [6.45, 7) is 3.65. The van der Waals surface area contributed by atoms with E-state index in [4.69, 9.17) is 14.2 Å². The fraction of sp³-hybridized carbons (Fsp3) is 0.696. The van der Waals surface area contributed by atoms with Gasteiger partial charge >= 0.3 is 0 Å². The number of unbranched alkanes of at least 4 members (excludes halogenated alkanes) is 3. The maximum absolute atomic E-state index is 12.5. The Hall–Kier alpha value is -1.59. The molecule has 1 aromatic rings. The molecule has 5 nitrogen and oxygen atoms in total. The molecule has 0 aliphatic carbocycles. The van der Waals surface area contributed by atoms with Crippen LogP contribution in [0.15, 0.2) is 12.1 Å². The van der Waals surface area contributed by atoms with E-state index >= 15 is 0 Å². The highest BCUT2D eigenvalue weighted by molar-refractivity contribution is 6.00. The average molecular weight is 391 g/mol. The maximum atomic E-state index is 12.5. The Bertz CT molecular complexity index is 636. The highest BCUT2D eigenvalue weighted by Gasteiger charge is 2.29. The van der Waals surface area contributed by atoms with E-state index in [-0.39, 0.29) is 23.9 Å². The molecule has 0 saturated carbocycles. The van der Waals surface area contributed by atoms with Crippen molar-refractivity contribution in [2.75, 3.05) is 13.2 Å². The molecule has 5 heteroatoms. The standard InChI is InChI=1S/C23H34O5/c1-2-9-18-20(24)13-12-19-21(25)16-17(28-23(18)19)10-5-3-4-7-14-26-22-11-6-8-15-27-22/h12-13,17,22,24H,2-11,14-16H2,1H3. The number of aromatic hydroxyl groups is 1. The lowest BCUT2D eigenvalue weighted by Gasteiger charge is -2.27. The first-order valence-corrected chi connectivity index (χ1v) is 11.0. The molecule has 2 aliphatic heterocycles. The van der Waals surface area contributed by atoms with Gasteiger partial charge < -0.3 is 19.3 Å². The number of hydrogen-bond donors (Lipinski definition) is 1. The molecule has 2 heterocycles. The number of benzene rings is 1. The number of hydrogen-bond acceptors (Lipinski definition) is 5. The van der Waals surface area contributed by atoms with Crippen molar-refractivity contribution < 1.29 is 24.1 Å². The van der Waals surface area contributed by atoms with Gasteiger partial charge in [0.2, 0.25) is 0 Å². The summed E-state index contributed by atoms with van der Waals surface area (Å²) in [6, 6.07) is 3.31. The summed E-state index contributed by atoms with van der Waals surface area (Å²) in [5.41, 5.74) is 1.40. The smallest absolute Gasteiger partial charge is 0.170 e. The molecule has 0 spiro atoms. The van der Waals surface area contributed by atoms with Crippen LogP contribution in [0.4, 0.5) is 0 Å². The first kappa shape index (κ1) is 21.1. The fourth-order valence-corrected chi connectivity index (χ4v) is 4.03. The second-order valence-electron chi connectivity index (χ2n) is 7.93. The van der Waals surface area contributed by atoms with Gasteiger partial charge in [0.1, 0.15) is 17.6 Å². The van der Waals surface area contributed by atoms with E-state index in [0.29, 0.717) is 17.7 Å². The molecule has 1 N–H and O–H groups in total.